The third-order valence-corrected chi connectivity index (χ3v) is 2.63. The van der Waals surface area contributed by atoms with E-state index in [9.17, 15) is 4.79 Å². The summed E-state index contributed by atoms with van der Waals surface area (Å²) in [6, 6.07) is 1.95. The molecule has 0 atom stereocenters. The molecule has 0 fully saturated rings. The fraction of sp³-hybridized carbons (Fsp3) is 0.333. The average molecular weight is 260 g/mol. The van der Waals surface area contributed by atoms with Crippen molar-refractivity contribution in [3.8, 4) is 0 Å². The lowest BCUT2D eigenvalue weighted by Gasteiger charge is -2.02. The minimum absolute atomic E-state index is 0.0837. The first-order valence-corrected chi connectivity index (χ1v) is 5.29. The van der Waals surface area contributed by atoms with E-state index in [0.29, 0.717) is 6.42 Å². The van der Waals surface area contributed by atoms with Gasteiger partial charge in [0.05, 0.1) is 12.1 Å². The SMILES string of the molecule is Cc1cnc(CC(=O)CS)c(Br)c1. The zero-order chi connectivity index (χ0) is 9.84. The molecule has 0 unspecified atom stereocenters. The van der Waals surface area contributed by atoms with Crippen molar-refractivity contribution in [2.45, 2.75) is 13.3 Å². The van der Waals surface area contributed by atoms with Gasteiger partial charge in [-0.1, -0.05) is 0 Å². The lowest BCUT2D eigenvalue weighted by Crippen LogP contribution is -2.06. The Bertz CT molecular complexity index is 327. The van der Waals surface area contributed by atoms with E-state index < -0.39 is 0 Å². The summed E-state index contributed by atoms with van der Waals surface area (Å²) in [7, 11) is 0. The minimum Gasteiger partial charge on any atom is -0.298 e. The summed E-state index contributed by atoms with van der Waals surface area (Å²) in [5.74, 6) is 0.350. The first kappa shape index (κ1) is 10.7. The lowest BCUT2D eigenvalue weighted by atomic mass is 10.2. The van der Waals surface area contributed by atoms with Crippen molar-refractivity contribution in [2.75, 3.05) is 5.75 Å². The van der Waals surface area contributed by atoms with Gasteiger partial charge in [-0.05, 0) is 34.5 Å². The highest BCUT2D eigenvalue weighted by Gasteiger charge is 2.06. The second-order valence-corrected chi connectivity index (χ2v) is 3.99. The van der Waals surface area contributed by atoms with Crippen LogP contribution in [0.25, 0.3) is 0 Å². The van der Waals surface area contributed by atoms with E-state index in [1.807, 2.05) is 13.0 Å². The molecule has 0 radical (unpaired) electrons. The number of hydrogen-bond donors (Lipinski definition) is 1. The molecule has 0 aliphatic heterocycles. The second kappa shape index (κ2) is 4.77. The number of carbonyl (C=O) groups is 1. The fourth-order valence-corrected chi connectivity index (χ4v) is 1.65. The van der Waals surface area contributed by atoms with E-state index in [0.717, 1.165) is 15.7 Å². The first-order chi connectivity index (χ1) is 6.13. The number of thiol groups is 1. The Morgan fingerprint density at radius 1 is 1.69 bits per heavy atom. The predicted octanol–water partition coefficient (Wildman–Crippen LogP) is 2.19. The standard InChI is InChI=1S/C9H10BrNOS/c1-6-2-8(10)9(11-4-6)3-7(12)5-13/h2,4,13H,3,5H2,1H3. The topological polar surface area (TPSA) is 30.0 Å². The van der Waals surface area contributed by atoms with Gasteiger partial charge in [-0.15, -0.1) is 0 Å². The molecule has 1 aromatic rings. The van der Waals surface area contributed by atoms with Crippen LogP contribution in [0.2, 0.25) is 0 Å². The van der Waals surface area contributed by atoms with Gasteiger partial charge in [-0.3, -0.25) is 9.78 Å². The normalized spacial score (nSPS) is 10.1. The van der Waals surface area contributed by atoms with Gasteiger partial charge in [0.1, 0.15) is 5.78 Å². The van der Waals surface area contributed by atoms with Gasteiger partial charge >= 0.3 is 0 Å². The van der Waals surface area contributed by atoms with Gasteiger partial charge in [0, 0.05) is 16.4 Å². The van der Waals surface area contributed by atoms with E-state index in [4.69, 9.17) is 0 Å². The lowest BCUT2D eigenvalue weighted by molar-refractivity contribution is -0.116. The summed E-state index contributed by atoms with van der Waals surface area (Å²) in [5, 5.41) is 0. The Kier molecular flexibility index (Phi) is 3.93. The summed E-state index contributed by atoms with van der Waals surface area (Å²) in [6.45, 7) is 1.96. The second-order valence-electron chi connectivity index (χ2n) is 2.81. The number of aromatic nitrogens is 1. The molecule has 0 saturated heterocycles. The van der Waals surface area contributed by atoms with Crippen molar-refractivity contribution in [2.24, 2.45) is 0 Å². The van der Waals surface area contributed by atoms with Crippen molar-refractivity contribution < 1.29 is 4.79 Å². The van der Waals surface area contributed by atoms with Crippen LogP contribution in [0.1, 0.15) is 11.3 Å². The minimum atomic E-state index is 0.0837. The molecular formula is C9H10BrNOS. The van der Waals surface area contributed by atoms with Crippen LogP contribution in [-0.4, -0.2) is 16.5 Å². The molecule has 0 bridgehead atoms. The Morgan fingerprint density at radius 3 is 2.92 bits per heavy atom. The maximum absolute atomic E-state index is 11.1. The smallest absolute Gasteiger partial charge is 0.148 e. The number of nitrogens with zero attached hydrogens (tertiary/aromatic N) is 1. The van der Waals surface area contributed by atoms with Crippen molar-refractivity contribution in [1.82, 2.24) is 4.98 Å². The third kappa shape index (κ3) is 3.12. The number of carbonyl (C=O) groups excluding carboxylic acids is 1. The molecule has 0 aliphatic carbocycles. The molecular weight excluding hydrogens is 250 g/mol. The highest BCUT2D eigenvalue weighted by Crippen LogP contribution is 2.16. The van der Waals surface area contributed by atoms with Crippen molar-refractivity contribution in [3.05, 3.63) is 28.0 Å². The van der Waals surface area contributed by atoms with Crippen LogP contribution in [0.4, 0.5) is 0 Å². The molecule has 13 heavy (non-hydrogen) atoms. The number of ketones is 1. The summed E-state index contributed by atoms with van der Waals surface area (Å²) >= 11 is 7.27. The number of aryl methyl sites for hydroxylation is 1. The van der Waals surface area contributed by atoms with Crippen LogP contribution >= 0.6 is 28.6 Å². The maximum Gasteiger partial charge on any atom is 0.148 e. The highest BCUT2D eigenvalue weighted by molar-refractivity contribution is 9.10. The van der Waals surface area contributed by atoms with Crippen LogP contribution < -0.4 is 0 Å². The summed E-state index contributed by atoms with van der Waals surface area (Å²) in [5.41, 5.74) is 1.86. The molecule has 4 heteroatoms. The Labute approximate surface area is 91.3 Å². The molecule has 1 aromatic heterocycles. The Morgan fingerprint density at radius 2 is 2.38 bits per heavy atom. The number of Topliss-reactive ketones (excluding diaryl/α,β-unsaturated/α-hetero) is 1. The summed E-state index contributed by atoms with van der Waals surface area (Å²) in [6.07, 6.45) is 2.11. The van der Waals surface area contributed by atoms with Crippen LogP contribution in [0, 0.1) is 6.92 Å². The first-order valence-electron chi connectivity index (χ1n) is 3.87. The van der Waals surface area contributed by atoms with E-state index in [2.05, 4.69) is 33.5 Å². The molecule has 1 rings (SSSR count). The summed E-state index contributed by atoms with van der Waals surface area (Å²) < 4.78 is 0.891. The quantitative estimate of drug-likeness (QED) is 0.844. The predicted molar refractivity (Wildman–Crippen MR) is 59.2 cm³/mol. The number of halogens is 1. The van der Waals surface area contributed by atoms with Gasteiger partial charge in [0.2, 0.25) is 0 Å². The fourth-order valence-electron chi connectivity index (χ4n) is 0.935. The number of rotatable bonds is 3. The van der Waals surface area contributed by atoms with E-state index in [1.54, 1.807) is 6.20 Å². The molecule has 0 N–H and O–H groups in total. The highest BCUT2D eigenvalue weighted by atomic mass is 79.9. The van der Waals surface area contributed by atoms with Crippen molar-refractivity contribution >= 4 is 34.3 Å². The number of hydrogen-bond acceptors (Lipinski definition) is 3. The van der Waals surface area contributed by atoms with Crippen LogP contribution in [0.5, 0.6) is 0 Å². The number of pyridine rings is 1. The van der Waals surface area contributed by atoms with Crippen molar-refractivity contribution in [3.63, 3.8) is 0 Å². The molecule has 0 amide bonds. The maximum atomic E-state index is 11.1. The van der Waals surface area contributed by atoms with Crippen LogP contribution in [0.3, 0.4) is 0 Å². The van der Waals surface area contributed by atoms with Crippen LogP contribution in [-0.2, 0) is 11.2 Å². The molecule has 0 aliphatic rings. The zero-order valence-corrected chi connectivity index (χ0v) is 9.73. The van der Waals surface area contributed by atoms with Gasteiger partial charge in [-0.25, -0.2) is 0 Å². The van der Waals surface area contributed by atoms with Crippen LogP contribution in [0.15, 0.2) is 16.7 Å². The molecule has 0 saturated carbocycles. The molecule has 70 valence electrons. The molecule has 1 heterocycles. The Hall–Kier alpha value is -0.350. The van der Waals surface area contributed by atoms with E-state index in [1.165, 1.54) is 0 Å². The van der Waals surface area contributed by atoms with Gasteiger partial charge < -0.3 is 0 Å². The summed E-state index contributed by atoms with van der Waals surface area (Å²) in [4.78, 5) is 15.2. The third-order valence-electron chi connectivity index (χ3n) is 1.60. The molecule has 2 nitrogen and oxygen atoms in total. The van der Waals surface area contributed by atoms with Gasteiger partial charge in [-0.2, -0.15) is 12.6 Å². The molecule has 0 spiro atoms. The van der Waals surface area contributed by atoms with Gasteiger partial charge in [0.15, 0.2) is 0 Å². The average Bonchev–Trinajstić information content (AvgIpc) is 2.09. The molecule has 0 aromatic carbocycles. The van der Waals surface area contributed by atoms with E-state index >= 15 is 0 Å². The monoisotopic (exact) mass is 259 g/mol. The van der Waals surface area contributed by atoms with E-state index in [-0.39, 0.29) is 11.5 Å². The Balaban J connectivity index is 2.83. The largest absolute Gasteiger partial charge is 0.298 e. The van der Waals surface area contributed by atoms with Gasteiger partial charge in [0.25, 0.3) is 0 Å². The zero-order valence-electron chi connectivity index (χ0n) is 7.25. The van der Waals surface area contributed by atoms with Crippen molar-refractivity contribution in [1.29, 1.82) is 0 Å².